The first-order valence-corrected chi connectivity index (χ1v) is 20.6. The third-order valence-corrected chi connectivity index (χ3v) is 11.0. The Morgan fingerprint density at radius 3 is 1.23 bits per heavy atom. The number of benzene rings is 4. The highest BCUT2D eigenvalue weighted by atomic mass is 16.5. The van der Waals surface area contributed by atoms with Crippen LogP contribution in [-0.2, 0) is 22.3 Å². The summed E-state index contributed by atoms with van der Waals surface area (Å²) in [6.45, 7) is 8.09. The molecular formula is C46H58O10. The van der Waals surface area contributed by atoms with Gasteiger partial charge in [-0.15, -0.1) is 0 Å². The van der Waals surface area contributed by atoms with Crippen LogP contribution in [0.3, 0.4) is 0 Å². The van der Waals surface area contributed by atoms with Crippen LogP contribution in [0, 0.1) is 11.8 Å². The number of ketones is 2. The smallest absolute Gasteiger partial charge is 0.167 e. The zero-order chi connectivity index (χ0) is 39.6. The second kappa shape index (κ2) is 19.6. The minimum absolute atomic E-state index is 0.0744. The SMILES string of the molecule is C[C@H]1CC(=O)c2c(cc3cc(OCCCCCCOCCCCOCCCCCCOc4cc(O)c5c(O)c6c(cc5c4)C[C@@H](C)CC6=O)cc(O)c3c2O)C1. The molecule has 10 heteroatoms. The van der Waals surface area contributed by atoms with Crippen molar-refractivity contribution in [3.8, 4) is 34.5 Å². The molecule has 302 valence electrons. The Balaban J connectivity index is 0.744. The fourth-order valence-electron chi connectivity index (χ4n) is 8.22. The second-order valence-corrected chi connectivity index (χ2v) is 15.9. The van der Waals surface area contributed by atoms with E-state index >= 15 is 0 Å². The Bertz CT molecular complexity index is 1860. The molecule has 0 saturated carbocycles. The van der Waals surface area contributed by atoms with E-state index in [9.17, 15) is 30.0 Å². The lowest BCUT2D eigenvalue weighted by molar-refractivity contribution is 0.0941. The molecule has 4 N–H and O–H groups in total. The van der Waals surface area contributed by atoms with E-state index in [4.69, 9.17) is 18.9 Å². The van der Waals surface area contributed by atoms with Gasteiger partial charge in [0.15, 0.2) is 11.6 Å². The van der Waals surface area contributed by atoms with Crippen LogP contribution in [-0.4, -0.2) is 71.6 Å². The minimum atomic E-state index is -0.127. The number of unbranched alkanes of at least 4 members (excludes halogenated alkanes) is 7. The van der Waals surface area contributed by atoms with Crippen LogP contribution < -0.4 is 9.47 Å². The summed E-state index contributed by atoms with van der Waals surface area (Å²) in [5.74, 6) is 0.999. The standard InChI is InChI=1S/C46H58O10/c1-29-19-31-23-33-25-35(27-39(49)43(33)45(51)41(31)37(47)21-29)55-17-9-5-3-7-13-53-15-11-12-16-54-14-8-4-6-10-18-56-36-26-34-24-32-20-30(2)22-38(48)42(32)46(52)44(34)40(50)28-36/h23-30,49-52H,3-22H2,1-2H3/t29-,30-/m1/s1. The van der Waals surface area contributed by atoms with Gasteiger partial charge < -0.3 is 39.4 Å². The number of hydrogen-bond donors (Lipinski definition) is 4. The second-order valence-electron chi connectivity index (χ2n) is 15.9. The van der Waals surface area contributed by atoms with Crippen LogP contribution in [0.5, 0.6) is 34.5 Å². The summed E-state index contributed by atoms with van der Waals surface area (Å²) in [7, 11) is 0. The maximum absolute atomic E-state index is 12.5. The number of phenols is 4. The molecule has 0 radical (unpaired) electrons. The molecule has 0 bridgehead atoms. The molecule has 0 fully saturated rings. The summed E-state index contributed by atoms with van der Waals surface area (Å²) in [5.41, 5.74) is 2.35. The molecule has 2 aliphatic rings. The number of carbonyl (C=O) groups is 2. The predicted octanol–water partition coefficient (Wildman–Crippen LogP) is 9.74. The van der Waals surface area contributed by atoms with Gasteiger partial charge in [0.2, 0.25) is 0 Å². The molecule has 0 aliphatic heterocycles. The molecule has 0 spiro atoms. The number of phenolic OH excluding ortho intramolecular Hbond substituents is 4. The monoisotopic (exact) mass is 770 g/mol. The minimum Gasteiger partial charge on any atom is -0.507 e. The van der Waals surface area contributed by atoms with Gasteiger partial charge in [-0.25, -0.2) is 0 Å². The quantitative estimate of drug-likeness (QED) is 0.0603. The molecule has 0 unspecified atom stereocenters. The molecular weight excluding hydrogens is 712 g/mol. The molecule has 0 amide bonds. The highest BCUT2D eigenvalue weighted by molar-refractivity contribution is 6.09. The van der Waals surface area contributed by atoms with Crippen LogP contribution >= 0.6 is 0 Å². The van der Waals surface area contributed by atoms with E-state index in [0.717, 1.165) is 115 Å². The zero-order valence-electron chi connectivity index (χ0n) is 33.0. The highest BCUT2D eigenvalue weighted by Crippen LogP contribution is 2.44. The molecule has 4 aromatic carbocycles. The summed E-state index contributed by atoms with van der Waals surface area (Å²) in [6.07, 6.45) is 12.1. The zero-order valence-corrected chi connectivity index (χ0v) is 33.0. The maximum Gasteiger partial charge on any atom is 0.167 e. The molecule has 0 aromatic heterocycles. The van der Waals surface area contributed by atoms with Crippen molar-refractivity contribution in [2.24, 2.45) is 11.8 Å². The first-order valence-electron chi connectivity index (χ1n) is 20.6. The Hall–Kier alpha value is -4.54. The van der Waals surface area contributed by atoms with Crippen LogP contribution in [0.1, 0.15) is 123 Å². The average Bonchev–Trinajstić information content (AvgIpc) is 3.13. The van der Waals surface area contributed by atoms with Crippen molar-refractivity contribution >= 4 is 33.1 Å². The van der Waals surface area contributed by atoms with Crippen molar-refractivity contribution in [3.05, 3.63) is 58.7 Å². The van der Waals surface area contributed by atoms with E-state index in [-0.39, 0.29) is 46.4 Å². The van der Waals surface area contributed by atoms with Gasteiger partial charge in [0.25, 0.3) is 0 Å². The lowest BCUT2D eigenvalue weighted by atomic mass is 9.82. The van der Waals surface area contributed by atoms with E-state index in [0.29, 0.717) is 70.2 Å². The summed E-state index contributed by atoms with van der Waals surface area (Å²) < 4.78 is 23.4. The number of carbonyl (C=O) groups excluding carboxylic acids is 2. The number of fused-ring (bicyclic) bond motifs is 4. The van der Waals surface area contributed by atoms with Gasteiger partial charge in [-0.2, -0.15) is 0 Å². The lowest BCUT2D eigenvalue weighted by Gasteiger charge is -2.22. The van der Waals surface area contributed by atoms with Gasteiger partial charge >= 0.3 is 0 Å². The van der Waals surface area contributed by atoms with E-state index in [1.807, 2.05) is 38.1 Å². The number of rotatable bonds is 21. The predicted molar refractivity (Wildman–Crippen MR) is 217 cm³/mol. The van der Waals surface area contributed by atoms with E-state index in [1.54, 1.807) is 0 Å². The number of hydrogen-bond acceptors (Lipinski definition) is 10. The normalized spacial score (nSPS) is 16.7. The first-order chi connectivity index (χ1) is 27.1. The number of aromatic hydroxyl groups is 4. The Labute approximate surface area is 329 Å². The summed E-state index contributed by atoms with van der Waals surface area (Å²) in [4.78, 5) is 25.1. The number of Topliss-reactive ketones (excluding diaryl/α,β-unsaturated/α-hetero) is 2. The fourth-order valence-corrected chi connectivity index (χ4v) is 8.22. The molecule has 2 aliphatic carbocycles. The van der Waals surface area contributed by atoms with Crippen molar-refractivity contribution in [1.29, 1.82) is 0 Å². The summed E-state index contributed by atoms with van der Waals surface area (Å²) in [6, 6.07) is 10.5. The molecule has 10 nitrogen and oxygen atoms in total. The topological polar surface area (TPSA) is 152 Å². The Morgan fingerprint density at radius 1 is 0.482 bits per heavy atom. The van der Waals surface area contributed by atoms with Gasteiger partial charge in [-0.1, -0.05) is 26.7 Å². The van der Waals surface area contributed by atoms with Crippen LogP contribution in [0.15, 0.2) is 36.4 Å². The van der Waals surface area contributed by atoms with Crippen LogP contribution in [0.25, 0.3) is 21.5 Å². The molecule has 0 saturated heterocycles. The van der Waals surface area contributed by atoms with Crippen molar-refractivity contribution in [3.63, 3.8) is 0 Å². The molecule has 4 aromatic rings. The van der Waals surface area contributed by atoms with Gasteiger partial charge in [0, 0.05) is 51.4 Å². The van der Waals surface area contributed by atoms with E-state index in [2.05, 4.69) is 0 Å². The summed E-state index contributed by atoms with van der Waals surface area (Å²) >= 11 is 0. The number of ether oxygens (including phenoxy) is 4. The molecule has 56 heavy (non-hydrogen) atoms. The van der Waals surface area contributed by atoms with Crippen molar-refractivity contribution < 1.29 is 49.0 Å². The maximum atomic E-state index is 12.5. The fraction of sp³-hybridized carbons (Fsp3) is 0.522. The highest BCUT2D eigenvalue weighted by Gasteiger charge is 2.29. The average molecular weight is 771 g/mol. The van der Waals surface area contributed by atoms with Gasteiger partial charge in [0.05, 0.1) is 35.1 Å². The first kappa shape index (κ1) is 41.1. The molecule has 6 rings (SSSR count). The largest absolute Gasteiger partial charge is 0.507 e. The van der Waals surface area contributed by atoms with Crippen molar-refractivity contribution in [1.82, 2.24) is 0 Å². The van der Waals surface area contributed by atoms with E-state index in [1.165, 1.54) is 12.1 Å². The Morgan fingerprint density at radius 2 is 0.839 bits per heavy atom. The van der Waals surface area contributed by atoms with Crippen molar-refractivity contribution in [2.75, 3.05) is 39.6 Å². The molecule has 0 heterocycles. The third-order valence-electron chi connectivity index (χ3n) is 11.0. The van der Waals surface area contributed by atoms with Gasteiger partial charge in [0.1, 0.15) is 34.5 Å². The van der Waals surface area contributed by atoms with E-state index < -0.39 is 0 Å². The molecule has 2 atom stereocenters. The van der Waals surface area contributed by atoms with Crippen molar-refractivity contribution in [2.45, 2.75) is 104 Å². The van der Waals surface area contributed by atoms with Crippen LogP contribution in [0.2, 0.25) is 0 Å². The summed E-state index contributed by atoms with van der Waals surface area (Å²) in [5, 5.41) is 44.8. The Kier molecular flexibility index (Phi) is 14.4. The third kappa shape index (κ3) is 10.2. The van der Waals surface area contributed by atoms with Gasteiger partial charge in [-0.05, 0) is 122 Å². The van der Waals surface area contributed by atoms with Gasteiger partial charge in [-0.3, -0.25) is 9.59 Å². The van der Waals surface area contributed by atoms with Crippen LogP contribution in [0.4, 0.5) is 0 Å². The lowest BCUT2D eigenvalue weighted by Crippen LogP contribution is -2.18.